The molecule has 13 heteroatoms. The van der Waals surface area contributed by atoms with Gasteiger partial charge >= 0.3 is 18.0 Å². The summed E-state index contributed by atoms with van der Waals surface area (Å²) in [5.41, 5.74) is 3.48. The highest BCUT2D eigenvalue weighted by molar-refractivity contribution is 5.89. The van der Waals surface area contributed by atoms with Crippen molar-refractivity contribution in [1.29, 1.82) is 0 Å². The zero-order valence-corrected chi connectivity index (χ0v) is 35.6. The molecule has 1 fully saturated rings. The number of hydrogen-bond donors (Lipinski definition) is 4. The molecule has 0 unspecified atom stereocenters. The first-order valence-corrected chi connectivity index (χ1v) is 19.7. The number of nitrogens with two attached hydrogens (primary N) is 1. The standard InChI is InChI=1S/C42H70N4O9/c1-38(2,3)52-30-20-18-28(19-21-30)25-32(35(49)54-40(7,8)9)46-36(50)42(22-14-15-23-42)26-29(34(48)53-39(4,5)6)27-45-33(47)31(43)17-13-16-24-44-37(51)55-41(10,11)12/h18-21,29,31-32H,13-17,22-27,43H2,1-12H3,(H,44,51)(H,45,47)(H,46,50)/t29-,31-,32-/m0/s1. The summed E-state index contributed by atoms with van der Waals surface area (Å²) < 4.78 is 22.7. The number of alkyl carbamates (subject to hydrolysis) is 1. The van der Waals surface area contributed by atoms with Crippen LogP contribution in [0.25, 0.3) is 0 Å². The Morgan fingerprint density at radius 2 is 1.27 bits per heavy atom. The van der Waals surface area contributed by atoms with Crippen LogP contribution < -0.4 is 26.4 Å². The van der Waals surface area contributed by atoms with E-state index in [-0.39, 0.29) is 30.9 Å². The van der Waals surface area contributed by atoms with Crippen molar-refractivity contribution in [3.05, 3.63) is 29.8 Å². The largest absolute Gasteiger partial charge is 0.488 e. The molecule has 0 aliphatic heterocycles. The van der Waals surface area contributed by atoms with Gasteiger partial charge in [0.15, 0.2) is 0 Å². The van der Waals surface area contributed by atoms with Gasteiger partial charge < -0.3 is 40.6 Å². The highest BCUT2D eigenvalue weighted by Gasteiger charge is 2.46. The van der Waals surface area contributed by atoms with Crippen molar-refractivity contribution in [3.8, 4) is 5.75 Å². The average molecular weight is 775 g/mol. The lowest BCUT2D eigenvalue weighted by atomic mass is 9.76. The number of amides is 3. The summed E-state index contributed by atoms with van der Waals surface area (Å²) in [4.78, 5) is 66.6. The number of carbonyl (C=O) groups excluding carboxylic acids is 5. The predicted octanol–water partition coefficient (Wildman–Crippen LogP) is 6.28. The third-order valence-electron chi connectivity index (χ3n) is 8.67. The fourth-order valence-corrected chi connectivity index (χ4v) is 6.31. The molecule has 55 heavy (non-hydrogen) atoms. The summed E-state index contributed by atoms with van der Waals surface area (Å²) >= 11 is 0. The van der Waals surface area contributed by atoms with Crippen LogP contribution >= 0.6 is 0 Å². The second kappa shape index (κ2) is 19.8. The molecule has 5 N–H and O–H groups in total. The van der Waals surface area contributed by atoms with E-state index in [0.29, 0.717) is 44.4 Å². The van der Waals surface area contributed by atoms with E-state index in [1.165, 1.54) is 0 Å². The average Bonchev–Trinajstić information content (AvgIpc) is 3.49. The molecule has 1 aliphatic carbocycles. The fourth-order valence-electron chi connectivity index (χ4n) is 6.31. The van der Waals surface area contributed by atoms with Gasteiger partial charge in [0, 0.05) is 19.5 Å². The van der Waals surface area contributed by atoms with Crippen LogP contribution in [0.3, 0.4) is 0 Å². The minimum atomic E-state index is -0.990. The third kappa shape index (κ3) is 18.5. The van der Waals surface area contributed by atoms with Gasteiger partial charge in [0.25, 0.3) is 0 Å². The van der Waals surface area contributed by atoms with Crippen LogP contribution in [-0.4, -0.2) is 77.4 Å². The summed E-state index contributed by atoms with van der Waals surface area (Å²) in [7, 11) is 0. The SMILES string of the molecule is CC(C)(C)OC(=O)NCCCC[C@H](N)C(=O)NC[C@H](CC1(C(=O)N[C@@H](Cc2ccc(OC(C)(C)C)cc2)C(=O)OC(C)(C)C)CCCC1)C(=O)OC(C)(C)C. The van der Waals surface area contributed by atoms with E-state index in [0.717, 1.165) is 18.4 Å². The molecule has 0 bridgehead atoms. The number of carbonyl (C=O) groups is 5. The lowest BCUT2D eigenvalue weighted by Crippen LogP contribution is -2.52. The first-order chi connectivity index (χ1) is 25.2. The van der Waals surface area contributed by atoms with E-state index < -0.39 is 64.2 Å². The van der Waals surface area contributed by atoms with Crippen molar-refractivity contribution in [2.45, 2.75) is 175 Å². The Balaban J connectivity index is 2.20. The molecule has 13 nitrogen and oxygen atoms in total. The molecule has 1 aromatic rings. The van der Waals surface area contributed by atoms with Gasteiger partial charge in [0.05, 0.1) is 17.4 Å². The topological polar surface area (TPSA) is 184 Å². The maximum Gasteiger partial charge on any atom is 0.407 e. The van der Waals surface area contributed by atoms with Crippen LogP contribution in [0.2, 0.25) is 0 Å². The summed E-state index contributed by atoms with van der Waals surface area (Å²) in [5, 5.41) is 8.53. The van der Waals surface area contributed by atoms with Crippen LogP contribution in [0.5, 0.6) is 5.75 Å². The molecule has 0 heterocycles. The maximum atomic E-state index is 14.4. The quantitative estimate of drug-likeness (QED) is 0.0798. The van der Waals surface area contributed by atoms with Crippen LogP contribution in [-0.2, 0) is 39.8 Å². The zero-order valence-electron chi connectivity index (χ0n) is 35.6. The van der Waals surface area contributed by atoms with Crippen LogP contribution in [0.1, 0.15) is 140 Å². The molecule has 0 spiro atoms. The highest BCUT2D eigenvalue weighted by atomic mass is 16.6. The number of hydrogen-bond acceptors (Lipinski definition) is 10. The molecule has 0 saturated heterocycles. The Bertz CT molecular complexity index is 1430. The van der Waals surface area contributed by atoms with Crippen LogP contribution in [0.4, 0.5) is 4.79 Å². The van der Waals surface area contributed by atoms with Gasteiger partial charge in [-0.25, -0.2) is 9.59 Å². The number of unbranched alkanes of at least 4 members (excludes halogenated alkanes) is 1. The van der Waals surface area contributed by atoms with E-state index in [4.69, 9.17) is 24.7 Å². The highest BCUT2D eigenvalue weighted by Crippen LogP contribution is 2.44. The first kappa shape index (κ1) is 47.3. The smallest absolute Gasteiger partial charge is 0.407 e. The lowest BCUT2D eigenvalue weighted by molar-refractivity contribution is -0.163. The molecule has 0 aromatic heterocycles. The minimum Gasteiger partial charge on any atom is -0.488 e. The molecule has 312 valence electrons. The maximum absolute atomic E-state index is 14.4. The summed E-state index contributed by atoms with van der Waals surface area (Å²) in [6, 6.07) is 5.57. The minimum absolute atomic E-state index is 0.0743. The van der Waals surface area contributed by atoms with Gasteiger partial charge in [0.1, 0.15) is 34.2 Å². The van der Waals surface area contributed by atoms with Gasteiger partial charge in [-0.15, -0.1) is 0 Å². The van der Waals surface area contributed by atoms with Gasteiger partial charge in [-0.05, 0) is 139 Å². The number of nitrogens with one attached hydrogen (secondary N) is 3. The second-order valence-corrected chi connectivity index (χ2v) is 18.8. The molecule has 0 radical (unpaired) electrons. The summed E-state index contributed by atoms with van der Waals surface area (Å²) in [5.74, 6) is -2.03. The Hall–Kier alpha value is -3.87. The third-order valence-corrected chi connectivity index (χ3v) is 8.67. The number of rotatable bonds is 17. The van der Waals surface area contributed by atoms with E-state index in [2.05, 4.69) is 16.0 Å². The van der Waals surface area contributed by atoms with E-state index in [1.807, 2.05) is 45.0 Å². The van der Waals surface area contributed by atoms with Gasteiger partial charge in [-0.3, -0.25) is 14.4 Å². The molecule has 1 aromatic carbocycles. The number of ether oxygens (including phenoxy) is 4. The van der Waals surface area contributed by atoms with Crippen molar-refractivity contribution in [2.75, 3.05) is 13.1 Å². The van der Waals surface area contributed by atoms with E-state index in [1.54, 1.807) is 62.3 Å². The van der Waals surface area contributed by atoms with Crippen molar-refractivity contribution >= 4 is 29.8 Å². The summed E-state index contributed by atoms with van der Waals surface area (Å²) in [6.07, 6.45) is 3.87. The lowest BCUT2D eigenvalue weighted by Gasteiger charge is -2.34. The van der Waals surface area contributed by atoms with E-state index in [9.17, 15) is 24.0 Å². The van der Waals surface area contributed by atoms with Crippen LogP contribution in [0, 0.1) is 11.3 Å². The van der Waals surface area contributed by atoms with Crippen molar-refractivity contribution in [1.82, 2.24) is 16.0 Å². The molecule has 3 atom stereocenters. The molecular weight excluding hydrogens is 704 g/mol. The van der Waals surface area contributed by atoms with Gasteiger partial charge in [0.2, 0.25) is 11.8 Å². The van der Waals surface area contributed by atoms with E-state index >= 15 is 0 Å². The molecule has 2 rings (SSSR count). The summed E-state index contributed by atoms with van der Waals surface area (Å²) in [6.45, 7) is 22.2. The monoisotopic (exact) mass is 775 g/mol. The second-order valence-electron chi connectivity index (χ2n) is 18.8. The first-order valence-electron chi connectivity index (χ1n) is 19.7. The van der Waals surface area contributed by atoms with Crippen molar-refractivity contribution < 1.29 is 42.9 Å². The van der Waals surface area contributed by atoms with Gasteiger partial charge in [-0.1, -0.05) is 25.0 Å². The van der Waals surface area contributed by atoms with Gasteiger partial charge in [-0.2, -0.15) is 0 Å². The Morgan fingerprint density at radius 1 is 0.727 bits per heavy atom. The molecule has 1 aliphatic rings. The molecule has 3 amide bonds. The normalized spacial score (nSPS) is 16.2. The Morgan fingerprint density at radius 3 is 1.80 bits per heavy atom. The molecule has 1 saturated carbocycles. The zero-order chi connectivity index (χ0) is 41.8. The fraction of sp³-hybridized carbons (Fsp3) is 0.738. The number of esters is 2. The Kier molecular flexibility index (Phi) is 17.0. The predicted molar refractivity (Wildman–Crippen MR) is 212 cm³/mol. The molecular formula is C42H70N4O9. The van der Waals surface area contributed by atoms with Crippen molar-refractivity contribution in [2.24, 2.45) is 17.1 Å². The Labute approximate surface area is 329 Å². The number of benzene rings is 1. The van der Waals surface area contributed by atoms with Crippen LogP contribution in [0.15, 0.2) is 24.3 Å². The van der Waals surface area contributed by atoms with Crippen molar-refractivity contribution in [3.63, 3.8) is 0 Å².